The average molecular weight is 320 g/mol. The molecule has 1 N–H and O–H groups in total. The average Bonchev–Trinajstić information content (AvgIpc) is 3.05. The molecule has 4 rings (SSSR count). The quantitative estimate of drug-likeness (QED) is 0.626. The number of nitrogens with zero attached hydrogens (tertiary/aromatic N) is 5. The van der Waals surface area contributed by atoms with Gasteiger partial charge in [-0.25, -0.2) is 19.0 Å². The lowest BCUT2D eigenvalue weighted by Gasteiger charge is -2.06. The largest absolute Gasteiger partial charge is 0.364 e. The minimum atomic E-state index is -0.321. The smallest absolute Gasteiger partial charge is 0.168 e. The van der Waals surface area contributed by atoms with Gasteiger partial charge in [0.2, 0.25) is 0 Å². The van der Waals surface area contributed by atoms with Crippen molar-refractivity contribution in [2.75, 3.05) is 5.32 Å². The Hall–Kier alpha value is -3.35. The second-order valence-corrected chi connectivity index (χ2v) is 5.17. The van der Waals surface area contributed by atoms with Crippen LogP contribution in [0.5, 0.6) is 0 Å². The van der Waals surface area contributed by atoms with Crippen molar-refractivity contribution in [1.29, 1.82) is 0 Å². The van der Waals surface area contributed by atoms with Gasteiger partial charge in [-0.15, -0.1) is 0 Å². The zero-order valence-electron chi connectivity index (χ0n) is 12.6. The van der Waals surface area contributed by atoms with Crippen LogP contribution in [0.15, 0.2) is 61.2 Å². The molecule has 3 aromatic heterocycles. The molecule has 0 aliphatic rings. The molecule has 24 heavy (non-hydrogen) atoms. The molecule has 0 aliphatic heterocycles. The molecule has 0 aliphatic carbocycles. The number of rotatable bonds is 4. The van der Waals surface area contributed by atoms with Crippen molar-refractivity contribution in [1.82, 2.24) is 24.7 Å². The number of benzene rings is 1. The number of nitrogens with one attached hydrogen (secondary N) is 1. The molecule has 0 saturated heterocycles. The van der Waals surface area contributed by atoms with Crippen LogP contribution in [-0.4, -0.2) is 24.7 Å². The SMILES string of the molecule is Fc1cccc(-n2ncc3c(NCc4ccccn4)ncnc32)c1. The van der Waals surface area contributed by atoms with Crippen molar-refractivity contribution in [3.8, 4) is 5.69 Å². The summed E-state index contributed by atoms with van der Waals surface area (Å²) in [6.45, 7) is 0.540. The van der Waals surface area contributed by atoms with Gasteiger partial charge in [-0.2, -0.15) is 5.10 Å². The number of anilines is 1. The normalized spacial score (nSPS) is 10.9. The zero-order valence-corrected chi connectivity index (χ0v) is 12.6. The van der Waals surface area contributed by atoms with Crippen LogP contribution in [0.2, 0.25) is 0 Å². The molecule has 4 aromatic rings. The van der Waals surface area contributed by atoms with Gasteiger partial charge >= 0.3 is 0 Å². The van der Waals surface area contributed by atoms with E-state index in [1.807, 2.05) is 18.2 Å². The summed E-state index contributed by atoms with van der Waals surface area (Å²) in [4.78, 5) is 12.8. The fourth-order valence-corrected chi connectivity index (χ4v) is 2.46. The van der Waals surface area contributed by atoms with E-state index in [0.29, 0.717) is 23.7 Å². The number of hydrogen-bond donors (Lipinski definition) is 1. The highest BCUT2D eigenvalue weighted by Crippen LogP contribution is 2.22. The highest BCUT2D eigenvalue weighted by molar-refractivity contribution is 5.87. The minimum Gasteiger partial charge on any atom is -0.364 e. The van der Waals surface area contributed by atoms with Crippen molar-refractivity contribution in [2.24, 2.45) is 0 Å². The van der Waals surface area contributed by atoms with Crippen LogP contribution in [0.1, 0.15) is 5.69 Å². The third kappa shape index (κ3) is 2.67. The molecule has 7 heteroatoms. The van der Waals surface area contributed by atoms with E-state index in [0.717, 1.165) is 11.1 Å². The first-order valence-electron chi connectivity index (χ1n) is 7.40. The van der Waals surface area contributed by atoms with Crippen LogP contribution >= 0.6 is 0 Å². The maximum atomic E-state index is 13.5. The van der Waals surface area contributed by atoms with Crippen LogP contribution in [0.3, 0.4) is 0 Å². The van der Waals surface area contributed by atoms with Crippen molar-refractivity contribution in [2.45, 2.75) is 6.54 Å². The second-order valence-electron chi connectivity index (χ2n) is 5.17. The van der Waals surface area contributed by atoms with E-state index in [1.165, 1.54) is 18.5 Å². The Morgan fingerprint density at radius 3 is 2.83 bits per heavy atom. The zero-order chi connectivity index (χ0) is 16.4. The predicted molar refractivity (Wildman–Crippen MR) is 88.2 cm³/mol. The first-order valence-corrected chi connectivity index (χ1v) is 7.40. The Labute approximate surface area is 137 Å². The fourth-order valence-electron chi connectivity index (χ4n) is 2.46. The maximum absolute atomic E-state index is 13.5. The Kier molecular flexibility index (Phi) is 3.59. The molecule has 3 heterocycles. The highest BCUT2D eigenvalue weighted by atomic mass is 19.1. The summed E-state index contributed by atoms with van der Waals surface area (Å²) >= 11 is 0. The Balaban J connectivity index is 1.69. The number of pyridine rings is 1. The summed E-state index contributed by atoms with van der Waals surface area (Å²) in [6.07, 6.45) is 4.87. The highest BCUT2D eigenvalue weighted by Gasteiger charge is 2.11. The Morgan fingerprint density at radius 2 is 2.00 bits per heavy atom. The third-order valence-corrected chi connectivity index (χ3v) is 3.58. The summed E-state index contributed by atoms with van der Waals surface area (Å²) < 4.78 is 15.0. The molecular weight excluding hydrogens is 307 g/mol. The summed E-state index contributed by atoms with van der Waals surface area (Å²) in [5, 5.41) is 8.32. The number of halogens is 1. The maximum Gasteiger partial charge on any atom is 0.168 e. The van der Waals surface area contributed by atoms with Gasteiger partial charge in [0.15, 0.2) is 5.65 Å². The van der Waals surface area contributed by atoms with Gasteiger partial charge in [0.1, 0.15) is 18.0 Å². The molecular formula is C17H13FN6. The first kappa shape index (κ1) is 14.3. The molecule has 0 fully saturated rings. The minimum absolute atomic E-state index is 0.321. The molecule has 0 saturated carbocycles. The first-order chi connectivity index (χ1) is 11.8. The van der Waals surface area contributed by atoms with Crippen molar-refractivity contribution in [3.63, 3.8) is 0 Å². The standard InChI is InChI=1S/C17H13FN6/c18-12-4-3-6-14(8-12)24-17-15(10-23-24)16(21-11-22-17)20-9-13-5-1-2-7-19-13/h1-8,10-11H,9H2,(H,20,21,22). The monoisotopic (exact) mass is 320 g/mol. The van der Waals surface area contributed by atoms with Gasteiger partial charge in [0, 0.05) is 6.20 Å². The molecule has 0 amide bonds. The second kappa shape index (κ2) is 6.04. The lowest BCUT2D eigenvalue weighted by atomic mass is 10.3. The number of aromatic nitrogens is 5. The molecule has 0 radical (unpaired) electrons. The van der Waals surface area contributed by atoms with Gasteiger partial charge in [-0.1, -0.05) is 12.1 Å². The van der Waals surface area contributed by atoms with Crippen LogP contribution in [-0.2, 0) is 6.54 Å². The van der Waals surface area contributed by atoms with E-state index in [-0.39, 0.29) is 5.82 Å². The summed E-state index contributed by atoms with van der Waals surface area (Å²) in [6, 6.07) is 12.0. The van der Waals surface area contributed by atoms with Gasteiger partial charge in [0.25, 0.3) is 0 Å². The Morgan fingerprint density at radius 1 is 1.04 bits per heavy atom. The van der Waals surface area contributed by atoms with Crippen LogP contribution in [0.4, 0.5) is 10.2 Å². The Bertz CT molecular complexity index is 983. The topological polar surface area (TPSA) is 68.5 Å². The summed E-state index contributed by atoms with van der Waals surface area (Å²) in [5.41, 5.74) is 2.13. The van der Waals surface area contributed by atoms with E-state index >= 15 is 0 Å². The molecule has 0 spiro atoms. The molecule has 6 nitrogen and oxygen atoms in total. The summed E-state index contributed by atoms with van der Waals surface area (Å²) in [5.74, 6) is 0.340. The van der Waals surface area contributed by atoms with Gasteiger partial charge in [0.05, 0.1) is 29.5 Å². The van der Waals surface area contributed by atoms with Crippen LogP contribution in [0, 0.1) is 5.82 Å². The predicted octanol–water partition coefficient (Wildman–Crippen LogP) is 2.96. The van der Waals surface area contributed by atoms with Gasteiger partial charge in [-0.3, -0.25) is 4.98 Å². The molecule has 1 aromatic carbocycles. The molecule has 118 valence electrons. The van der Waals surface area contributed by atoms with Crippen LogP contribution in [0.25, 0.3) is 16.7 Å². The fraction of sp³-hybridized carbons (Fsp3) is 0.0588. The third-order valence-electron chi connectivity index (χ3n) is 3.58. The van der Waals surface area contributed by atoms with E-state index in [9.17, 15) is 4.39 Å². The number of hydrogen-bond acceptors (Lipinski definition) is 5. The van der Waals surface area contributed by atoms with Crippen LogP contribution < -0.4 is 5.32 Å². The van der Waals surface area contributed by atoms with E-state index < -0.39 is 0 Å². The molecule has 0 atom stereocenters. The van der Waals surface area contributed by atoms with Crippen molar-refractivity contribution < 1.29 is 4.39 Å². The number of fused-ring (bicyclic) bond motifs is 1. The van der Waals surface area contributed by atoms with E-state index in [2.05, 4.69) is 25.4 Å². The lowest BCUT2D eigenvalue weighted by Crippen LogP contribution is -2.04. The van der Waals surface area contributed by atoms with Crippen molar-refractivity contribution >= 4 is 16.9 Å². The van der Waals surface area contributed by atoms with E-state index in [4.69, 9.17) is 0 Å². The van der Waals surface area contributed by atoms with Gasteiger partial charge in [-0.05, 0) is 30.3 Å². The molecule has 0 bridgehead atoms. The summed E-state index contributed by atoms with van der Waals surface area (Å²) in [7, 11) is 0. The van der Waals surface area contributed by atoms with E-state index in [1.54, 1.807) is 29.2 Å². The van der Waals surface area contributed by atoms with Gasteiger partial charge < -0.3 is 5.32 Å². The molecule has 0 unspecified atom stereocenters. The lowest BCUT2D eigenvalue weighted by molar-refractivity contribution is 0.625. The van der Waals surface area contributed by atoms with Crippen molar-refractivity contribution in [3.05, 3.63) is 72.7 Å².